The van der Waals surface area contributed by atoms with Gasteiger partial charge in [-0.3, -0.25) is 0 Å². The second-order valence-electron chi connectivity index (χ2n) is 2.99. The van der Waals surface area contributed by atoms with Crippen molar-refractivity contribution in [3.63, 3.8) is 0 Å². The first kappa shape index (κ1) is 7.63. The molecule has 1 N–H and O–H groups in total. The zero-order chi connectivity index (χ0) is 7.40. The first-order chi connectivity index (χ1) is 4.86. The molecular weight excluding hydrogens is 122 g/mol. The zero-order valence-corrected chi connectivity index (χ0v) is 6.56. The Hall–Kier alpha value is -0.480. The molecule has 0 amide bonds. The molecule has 1 nitrogen and oxygen atoms in total. The molecule has 1 rings (SSSR count). The molecule has 0 aromatic rings. The van der Waals surface area contributed by atoms with Gasteiger partial charge in [-0.25, -0.2) is 0 Å². The summed E-state index contributed by atoms with van der Waals surface area (Å²) in [5, 5.41) is 3.44. The van der Waals surface area contributed by atoms with Gasteiger partial charge in [-0.15, -0.1) is 12.3 Å². The van der Waals surface area contributed by atoms with Crippen molar-refractivity contribution >= 4 is 0 Å². The van der Waals surface area contributed by atoms with Gasteiger partial charge in [-0.1, -0.05) is 6.92 Å². The Morgan fingerprint density at radius 2 is 2.30 bits per heavy atom. The summed E-state index contributed by atoms with van der Waals surface area (Å²) in [4.78, 5) is 0. The van der Waals surface area contributed by atoms with Crippen molar-refractivity contribution in [2.24, 2.45) is 5.92 Å². The lowest BCUT2D eigenvalue weighted by atomic mass is 9.81. The smallest absolute Gasteiger partial charge is 0.0229 e. The average Bonchev–Trinajstić information content (AvgIpc) is 1.86. The monoisotopic (exact) mass is 137 g/mol. The minimum absolute atomic E-state index is 0.564. The molecule has 0 bridgehead atoms. The van der Waals surface area contributed by atoms with Gasteiger partial charge in [0.1, 0.15) is 0 Å². The predicted octanol–water partition coefficient (Wildman–Crippen LogP) is 1.40. The van der Waals surface area contributed by atoms with Gasteiger partial charge in [-0.2, -0.15) is 0 Å². The summed E-state index contributed by atoms with van der Waals surface area (Å²) >= 11 is 0. The van der Waals surface area contributed by atoms with E-state index in [1.807, 2.05) is 0 Å². The zero-order valence-electron chi connectivity index (χ0n) is 6.56. The molecule has 1 heteroatoms. The standard InChI is InChI=1S/C9H15N/c1-3-5-10-9-6-8(4-2)7-9/h2,8-10H,3,5-7H2,1H3. The third-order valence-corrected chi connectivity index (χ3v) is 2.06. The SMILES string of the molecule is C#CC1CC(NCCC)C1. The summed E-state index contributed by atoms with van der Waals surface area (Å²) in [5.74, 6) is 3.33. The van der Waals surface area contributed by atoms with Crippen LogP contribution in [-0.2, 0) is 0 Å². The normalized spacial score (nSPS) is 30.8. The van der Waals surface area contributed by atoms with Gasteiger partial charge in [0.05, 0.1) is 0 Å². The highest BCUT2D eigenvalue weighted by atomic mass is 14.9. The summed E-state index contributed by atoms with van der Waals surface area (Å²) in [5.41, 5.74) is 0. The van der Waals surface area contributed by atoms with Crippen molar-refractivity contribution in [2.75, 3.05) is 6.54 Å². The molecule has 0 atom stereocenters. The van der Waals surface area contributed by atoms with E-state index in [-0.39, 0.29) is 0 Å². The lowest BCUT2D eigenvalue weighted by Crippen LogP contribution is -2.40. The average molecular weight is 137 g/mol. The Balaban J connectivity index is 1.99. The Kier molecular flexibility index (Phi) is 2.77. The summed E-state index contributed by atoms with van der Waals surface area (Å²) in [7, 11) is 0. The molecule has 1 aliphatic rings. The van der Waals surface area contributed by atoms with E-state index in [1.165, 1.54) is 19.3 Å². The van der Waals surface area contributed by atoms with Crippen LogP contribution in [0, 0.1) is 18.3 Å². The van der Waals surface area contributed by atoms with Gasteiger partial charge < -0.3 is 5.32 Å². The molecule has 56 valence electrons. The van der Waals surface area contributed by atoms with Crippen LogP contribution in [0.1, 0.15) is 26.2 Å². The molecule has 0 unspecified atom stereocenters. The molecule has 1 fully saturated rings. The molecule has 0 spiro atoms. The Labute approximate surface area is 63.2 Å². The van der Waals surface area contributed by atoms with Crippen molar-refractivity contribution in [2.45, 2.75) is 32.2 Å². The lowest BCUT2D eigenvalue weighted by Gasteiger charge is -2.32. The summed E-state index contributed by atoms with van der Waals surface area (Å²) in [6.45, 7) is 3.33. The first-order valence-electron chi connectivity index (χ1n) is 4.06. The molecule has 10 heavy (non-hydrogen) atoms. The van der Waals surface area contributed by atoms with E-state index >= 15 is 0 Å². The van der Waals surface area contributed by atoms with Crippen molar-refractivity contribution in [3.05, 3.63) is 0 Å². The maximum absolute atomic E-state index is 5.25. The van der Waals surface area contributed by atoms with Crippen molar-refractivity contribution < 1.29 is 0 Å². The van der Waals surface area contributed by atoms with Crippen LogP contribution in [0.3, 0.4) is 0 Å². The van der Waals surface area contributed by atoms with Crippen LogP contribution < -0.4 is 5.32 Å². The minimum Gasteiger partial charge on any atom is -0.314 e. The van der Waals surface area contributed by atoms with Gasteiger partial charge in [0, 0.05) is 12.0 Å². The lowest BCUT2D eigenvalue weighted by molar-refractivity contribution is 0.278. The van der Waals surface area contributed by atoms with E-state index in [2.05, 4.69) is 18.2 Å². The molecule has 0 radical (unpaired) electrons. The third-order valence-electron chi connectivity index (χ3n) is 2.06. The predicted molar refractivity (Wildman–Crippen MR) is 43.6 cm³/mol. The van der Waals surface area contributed by atoms with Gasteiger partial charge in [0.15, 0.2) is 0 Å². The van der Waals surface area contributed by atoms with Gasteiger partial charge >= 0.3 is 0 Å². The largest absolute Gasteiger partial charge is 0.314 e. The van der Waals surface area contributed by atoms with E-state index in [0.717, 1.165) is 12.6 Å². The van der Waals surface area contributed by atoms with Crippen LogP contribution in [0.4, 0.5) is 0 Å². The second kappa shape index (κ2) is 3.63. The summed E-state index contributed by atoms with van der Waals surface area (Å²) in [6, 6.07) is 0.723. The molecule has 1 aliphatic carbocycles. The quantitative estimate of drug-likeness (QED) is 0.580. The molecule has 1 saturated carbocycles. The fraction of sp³-hybridized carbons (Fsp3) is 0.778. The van der Waals surface area contributed by atoms with Crippen molar-refractivity contribution in [1.82, 2.24) is 5.32 Å². The van der Waals surface area contributed by atoms with Crippen molar-refractivity contribution in [1.29, 1.82) is 0 Å². The molecule has 0 heterocycles. The topological polar surface area (TPSA) is 12.0 Å². The number of hydrogen-bond acceptors (Lipinski definition) is 1. The molecule has 0 aromatic carbocycles. The summed E-state index contributed by atoms with van der Waals surface area (Å²) < 4.78 is 0. The van der Waals surface area contributed by atoms with Gasteiger partial charge in [0.25, 0.3) is 0 Å². The molecule has 0 aromatic heterocycles. The first-order valence-corrected chi connectivity index (χ1v) is 4.06. The highest BCUT2D eigenvalue weighted by molar-refractivity contribution is 5.02. The fourth-order valence-electron chi connectivity index (χ4n) is 1.27. The molecule has 0 aliphatic heterocycles. The van der Waals surface area contributed by atoms with Gasteiger partial charge in [0.2, 0.25) is 0 Å². The van der Waals surface area contributed by atoms with Crippen LogP contribution in [0.2, 0.25) is 0 Å². The number of hydrogen-bond donors (Lipinski definition) is 1. The van der Waals surface area contributed by atoms with Crippen LogP contribution in [0.5, 0.6) is 0 Å². The highest BCUT2D eigenvalue weighted by Crippen LogP contribution is 2.25. The molecule has 0 saturated heterocycles. The van der Waals surface area contributed by atoms with Crippen LogP contribution in [0.15, 0.2) is 0 Å². The van der Waals surface area contributed by atoms with E-state index in [9.17, 15) is 0 Å². The Morgan fingerprint density at radius 3 is 2.80 bits per heavy atom. The van der Waals surface area contributed by atoms with E-state index in [1.54, 1.807) is 0 Å². The number of terminal acetylenes is 1. The Bertz CT molecular complexity index is 128. The van der Waals surface area contributed by atoms with Crippen LogP contribution >= 0.6 is 0 Å². The fourth-order valence-corrected chi connectivity index (χ4v) is 1.27. The van der Waals surface area contributed by atoms with Crippen LogP contribution in [0.25, 0.3) is 0 Å². The van der Waals surface area contributed by atoms with E-state index in [4.69, 9.17) is 6.42 Å². The van der Waals surface area contributed by atoms with Crippen molar-refractivity contribution in [3.8, 4) is 12.3 Å². The molecular formula is C9H15N. The third kappa shape index (κ3) is 1.75. The number of rotatable bonds is 3. The second-order valence-corrected chi connectivity index (χ2v) is 2.99. The maximum Gasteiger partial charge on any atom is 0.0229 e. The minimum atomic E-state index is 0.564. The van der Waals surface area contributed by atoms with E-state index in [0.29, 0.717) is 5.92 Å². The number of nitrogens with one attached hydrogen (secondary N) is 1. The van der Waals surface area contributed by atoms with Crippen LogP contribution in [-0.4, -0.2) is 12.6 Å². The highest BCUT2D eigenvalue weighted by Gasteiger charge is 2.26. The van der Waals surface area contributed by atoms with Gasteiger partial charge in [-0.05, 0) is 25.8 Å². The summed E-state index contributed by atoms with van der Waals surface area (Å²) in [6.07, 6.45) is 8.85. The Morgan fingerprint density at radius 1 is 1.60 bits per heavy atom. The maximum atomic E-state index is 5.25. The van der Waals surface area contributed by atoms with E-state index < -0.39 is 0 Å².